The summed E-state index contributed by atoms with van der Waals surface area (Å²) in [5.74, 6) is 0.838. The Labute approximate surface area is 130 Å². The predicted molar refractivity (Wildman–Crippen MR) is 81.0 cm³/mol. The number of carbonyl (C=O) groups excluding carboxylic acids is 1. The van der Waals surface area contributed by atoms with E-state index in [2.05, 4.69) is 9.64 Å². The van der Waals surface area contributed by atoms with Gasteiger partial charge in [-0.05, 0) is 25.5 Å². The molecule has 1 N–H and O–H groups in total. The summed E-state index contributed by atoms with van der Waals surface area (Å²) in [6, 6.07) is 7.90. The van der Waals surface area contributed by atoms with Crippen molar-refractivity contribution < 1.29 is 24.1 Å². The van der Waals surface area contributed by atoms with Gasteiger partial charge in [0.2, 0.25) is 0 Å². The molecule has 2 atom stereocenters. The highest BCUT2D eigenvalue weighted by molar-refractivity contribution is 5.59. The van der Waals surface area contributed by atoms with E-state index in [9.17, 15) is 9.90 Å². The van der Waals surface area contributed by atoms with Gasteiger partial charge in [-0.25, -0.2) is 4.79 Å². The van der Waals surface area contributed by atoms with Crippen LogP contribution in [0.2, 0.25) is 0 Å². The van der Waals surface area contributed by atoms with Gasteiger partial charge in [-0.2, -0.15) is 0 Å². The number of aliphatic hydroxyl groups excluding tert-OH is 1. The van der Waals surface area contributed by atoms with Crippen molar-refractivity contribution in [1.82, 2.24) is 4.90 Å². The van der Waals surface area contributed by atoms with Crippen molar-refractivity contribution in [1.29, 1.82) is 0 Å². The van der Waals surface area contributed by atoms with E-state index in [1.54, 1.807) is 0 Å². The van der Waals surface area contributed by atoms with Gasteiger partial charge >= 0.3 is 6.16 Å². The van der Waals surface area contributed by atoms with Crippen LogP contribution >= 0.6 is 0 Å². The van der Waals surface area contributed by atoms with E-state index in [1.807, 2.05) is 31.2 Å². The molecule has 2 unspecified atom stereocenters. The third kappa shape index (κ3) is 4.89. The minimum Gasteiger partial charge on any atom is -0.492 e. The van der Waals surface area contributed by atoms with Gasteiger partial charge in [0, 0.05) is 19.6 Å². The molecule has 0 radical (unpaired) electrons. The first-order chi connectivity index (χ1) is 10.6. The molecule has 0 amide bonds. The number of ether oxygens (including phenoxy) is 3. The minimum absolute atomic E-state index is 0.480. The van der Waals surface area contributed by atoms with Crippen molar-refractivity contribution in [2.45, 2.75) is 25.6 Å². The quantitative estimate of drug-likeness (QED) is 0.833. The summed E-state index contributed by atoms with van der Waals surface area (Å²) in [5.41, 5.74) is 1.19. The molecule has 1 heterocycles. The van der Waals surface area contributed by atoms with E-state index < -0.39 is 18.4 Å². The summed E-state index contributed by atoms with van der Waals surface area (Å²) in [6.07, 6.45) is -1.40. The van der Waals surface area contributed by atoms with Gasteiger partial charge in [0.1, 0.15) is 18.5 Å². The van der Waals surface area contributed by atoms with Gasteiger partial charge < -0.3 is 19.3 Å². The topological polar surface area (TPSA) is 68.2 Å². The lowest BCUT2D eigenvalue weighted by molar-refractivity contribution is -0.0654. The molecule has 1 aromatic rings. The first-order valence-corrected chi connectivity index (χ1v) is 7.43. The van der Waals surface area contributed by atoms with Crippen LogP contribution in [0.1, 0.15) is 12.0 Å². The number of piperidine rings is 1. The zero-order valence-corrected chi connectivity index (χ0v) is 13.0. The van der Waals surface area contributed by atoms with E-state index in [4.69, 9.17) is 9.47 Å². The van der Waals surface area contributed by atoms with Gasteiger partial charge in [-0.1, -0.05) is 17.7 Å². The van der Waals surface area contributed by atoms with E-state index in [0.717, 1.165) is 12.3 Å². The Kier molecular flexibility index (Phi) is 6.03. The van der Waals surface area contributed by atoms with Crippen molar-refractivity contribution >= 4 is 6.16 Å². The number of carbonyl (C=O) groups is 1. The average molecular weight is 309 g/mol. The maximum atomic E-state index is 11.2. The van der Waals surface area contributed by atoms with Crippen LogP contribution in [0.3, 0.4) is 0 Å². The van der Waals surface area contributed by atoms with Crippen molar-refractivity contribution in [3.8, 4) is 5.75 Å². The van der Waals surface area contributed by atoms with Crippen LogP contribution in [0, 0.1) is 6.92 Å². The average Bonchev–Trinajstić information content (AvgIpc) is 2.52. The summed E-state index contributed by atoms with van der Waals surface area (Å²) in [4.78, 5) is 13.3. The number of hydrogen-bond donors (Lipinski definition) is 1. The van der Waals surface area contributed by atoms with Crippen molar-refractivity contribution in [3.05, 3.63) is 29.8 Å². The molecule has 1 fully saturated rings. The molecule has 1 aliphatic heterocycles. The number of benzene rings is 1. The maximum absolute atomic E-state index is 11.2. The van der Waals surface area contributed by atoms with Crippen LogP contribution in [-0.2, 0) is 9.47 Å². The lowest BCUT2D eigenvalue weighted by atomic mass is 10.1. The Morgan fingerprint density at radius 3 is 2.77 bits per heavy atom. The van der Waals surface area contributed by atoms with E-state index >= 15 is 0 Å². The standard InChI is InChI=1S/C16H23NO5/c1-12-3-5-13(6-4-12)21-10-9-17-8-7-14(18)15(11-17)22-16(19)20-2/h3-6,14-15,18H,7-11H2,1-2H3. The van der Waals surface area contributed by atoms with Crippen molar-refractivity contribution in [2.24, 2.45) is 0 Å². The normalized spacial score (nSPS) is 22.1. The van der Waals surface area contributed by atoms with Crippen LogP contribution in [0.4, 0.5) is 4.79 Å². The van der Waals surface area contributed by atoms with Gasteiger partial charge in [-0.15, -0.1) is 0 Å². The number of rotatable bonds is 5. The van der Waals surface area contributed by atoms with Crippen LogP contribution in [0.15, 0.2) is 24.3 Å². The van der Waals surface area contributed by atoms with Crippen molar-refractivity contribution in [2.75, 3.05) is 33.4 Å². The Bertz CT molecular complexity index is 476. The Hall–Kier alpha value is -1.79. The van der Waals surface area contributed by atoms with Gasteiger partial charge in [0.25, 0.3) is 0 Å². The third-order valence-corrected chi connectivity index (χ3v) is 3.72. The van der Waals surface area contributed by atoms with Gasteiger partial charge in [0.05, 0.1) is 13.2 Å². The van der Waals surface area contributed by atoms with Crippen LogP contribution in [0.5, 0.6) is 5.75 Å². The molecule has 6 heteroatoms. The fourth-order valence-corrected chi connectivity index (χ4v) is 2.39. The second-order valence-electron chi connectivity index (χ2n) is 5.43. The fourth-order valence-electron chi connectivity index (χ4n) is 2.39. The molecular formula is C16H23NO5. The number of nitrogens with zero attached hydrogens (tertiary/aromatic N) is 1. The van der Waals surface area contributed by atoms with E-state index in [-0.39, 0.29) is 0 Å². The molecule has 0 aliphatic carbocycles. The summed E-state index contributed by atoms with van der Waals surface area (Å²) in [6.45, 7) is 4.52. The number of methoxy groups -OCH3 is 1. The molecule has 6 nitrogen and oxygen atoms in total. The summed E-state index contributed by atoms with van der Waals surface area (Å²) >= 11 is 0. The highest BCUT2D eigenvalue weighted by Crippen LogP contribution is 2.15. The van der Waals surface area contributed by atoms with Crippen LogP contribution in [0.25, 0.3) is 0 Å². The molecule has 1 saturated heterocycles. The summed E-state index contributed by atoms with van der Waals surface area (Å²) < 4.78 is 15.2. The molecular weight excluding hydrogens is 286 g/mol. The maximum Gasteiger partial charge on any atom is 0.508 e. The Morgan fingerprint density at radius 1 is 1.36 bits per heavy atom. The predicted octanol–water partition coefficient (Wildman–Crippen LogP) is 1.59. The fraction of sp³-hybridized carbons (Fsp3) is 0.562. The van der Waals surface area contributed by atoms with Gasteiger partial charge in [0.15, 0.2) is 0 Å². The zero-order chi connectivity index (χ0) is 15.9. The van der Waals surface area contributed by atoms with Crippen molar-refractivity contribution in [3.63, 3.8) is 0 Å². The minimum atomic E-state index is -0.762. The van der Waals surface area contributed by atoms with E-state index in [1.165, 1.54) is 12.7 Å². The first kappa shape index (κ1) is 16.6. The molecule has 0 saturated carbocycles. The highest BCUT2D eigenvalue weighted by Gasteiger charge is 2.30. The second-order valence-corrected chi connectivity index (χ2v) is 5.43. The van der Waals surface area contributed by atoms with Crippen LogP contribution < -0.4 is 4.74 Å². The summed E-state index contributed by atoms with van der Waals surface area (Å²) in [5, 5.41) is 9.87. The Morgan fingerprint density at radius 2 is 2.09 bits per heavy atom. The van der Waals surface area contributed by atoms with E-state index in [0.29, 0.717) is 26.1 Å². The molecule has 1 aromatic carbocycles. The second kappa shape index (κ2) is 8.00. The SMILES string of the molecule is COC(=O)OC1CN(CCOc2ccc(C)cc2)CCC1O. The van der Waals surface area contributed by atoms with Crippen LogP contribution in [-0.4, -0.2) is 61.7 Å². The molecule has 0 aromatic heterocycles. The summed E-state index contributed by atoms with van der Waals surface area (Å²) in [7, 11) is 1.25. The Balaban J connectivity index is 1.75. The monoisotopic (exact) mass is 309 g/mol. The highest BCUT2D eigenvalue weighted by atomic mass is 16.7. The number of aliphatic hydroxyl groups is 1. The number of likely N-dealkylation sites (tertiary alicyclic amines) is 1. The molecule has 0 spiro atoms. The largest absolute Gasteiger partial charge is 0.508 e. The molecule has 122 valence electrons. The van der Waals surface area contributed by atoms with Gasteiger partial charge in [-0.3, -0.25) is 4.90 Å². The number of aryl methyl sites for hydroxylation is 1. The molecule has 1 aliphatic rings. The smallest absolute Gasteiger partial charge is 0.492 e. The lowest BCUT2D eigenvalue weighted by Crippen LogP contribution is -2.49. The first-order valence-electron chi connectivity index (χ1n) is 7.43. The lowest BCUT2D eigenvalue weighted by Gasteiger charge is -2.35. The molecule has 22 heavy (non-hydrogen) atoms. The zero-order valence-electron chi connectivity index (χ0n) is 13.0. The third-order valence-electron chi connectivity index (χ3n) is 3.72. The number of hydrogen-bond acceptors (Lipinski definition) is 6. The molecule has 0 bridgehead atoms. The molecule has 2 rings (SSSR count).